The molecule has 1 aliphatic rings. The molecule has 1 N–H and O–H groups in total. The van der Waals surface area contributed by atoms with Gasteiger partial charge in [-0.05, 0) is 77.9 Å². The number of anilines is 3. The van der Waals surface area contributed by atoms with Crippen molar-refractivity contribution in [3.63, 3.8) is 0 Å². The first-order chi connectivity index (χ1) is 14.7. The van der Waals surface area contributed by atoms with Crippen molar-refractivity contribution in [3.8, 4) is 11.1 Å². The topological polar surface area (TPSA) is 15.3 Å². The summed E-state index contributed by atoms with van der Waals surface area (Å²) < 4.78 is 0. The maximum atomic E-state index is 6.32. The molecule has 0 atom stereocenters. The summed E-state index contributed by atoms with van der Waals surface area (Å²) >= 11 is 6.32. The fourth-order valence-corrected chi connectivity index (χ4v) is 4.42. The van der Waals surface area contributed by atoms with Gasteiger partial charge in [0.15, 0.2) is 0 Å². The van der Waals surface area contributed by atoms with E-state index in [1.807, 2.05) is 24.3 Å². The van der Waals surface area contributed by atoms with Crippen molar-refractivity contribution >= 4 is 28.7 Å². The molecule has 0 heterocycles. The molecule has 0 aliphatic heterocycles. The lowest BCUT2D eigenvalue weighted by Gasteiger charge is -2.25. The Morgan fingerprint density at radius 2 is 1.60 bits per heavy atom. The third-order valence-electron chi connectivity index (χ3n) is 5.95. The van der Waals surface area contributed by atoms with E-state index in [-0.39, 0.29) is 0 Å². The molecule has 30 heavy (non-hydrogen) atoms. The minimum Gasteiger partial charge on any atom is -0.372 e. The normalized spacial score (nSPS) is 11.8. The third-order valence-corrected chi connectivity index (χ3v) is 6.28. The lowest BCUT2D eigenvalue weighted by Crippen LogP contribution is -2.25. The quantitative estimate of drug-likeness (QED) is 0.295. The van der Waals surface area contributed by atoms with Crippen LogP contribution in [0.1, 0.15) is 50.7 Å². The van der Waals surface area contributed by atoms with Crippen molar-refractivity contribution in [3.05, 3.63) is 76.8 Å². The van der Waals surface area contributed by atoms with Gasteiger partial charge in [0.2, 0.25) is 0 Å². The van der Waals surface area contributed by atoms with Gasteiger partial charge in [0.1, 0.15) is 0 Å². The van der Waals surface area contributed by atoms with Gasteiger partial charge in [-0.25, -0.2) is 0 Å². The first-order valence-electron chi connectivity index (χ1n) is 11.2. The third kappa shape index (κ3) is 4.49. The number of nitrogens with zero attached hydrogens (tertiary/aromatic N) is 1. The second-order valence-corrected chi connectivity index (χ2v) is 8.60. The van der Waals surface area contributed by atoms with Crippen LogP contribution in [0.5, 0.6) is 0 Å². The van der Waals surface area contributed by atoms with Gasteiger partial charge in [-0.2, -0.15) is 0 Å². The molecule has 0 unspecified atom stereocenters. The number of nitrogens with one attached hydrogen (secondary N) is 1. The predicted molar refractivity (Wildman–Crippen MR) is 131 cm³/mol. The predicted octanol–water partition coefficient (Wildman–Crippen LogP) is 8.06. The van der Waals surface area contributed by atoms with E-state index in [4.69, 9.17) is 11.6 Å². The first-order valence-corrected chi connectivity index (χ1v) is 11.6. The van der Waals surface area contributed by atoms with Crippen LogP contribution in [-0.2, 0) is 6.42 Å². The zero-order valence-corrected chi connectivity index (χ0v) is 18.8. The van der Waals surface area contributed by atoms with Crippen molar-refractivity contribution in [1.29, 1.82) is 0 Å². The van der Waals surface area contributed by atoms with Gasteiger partial charge in [-0.15, -0.1) is 0 Å². The second-order valence-electron chi connectivity index (χ2n) is 8.19. The number of para-hydroxylation sites is 1. The largest absolute Gasteiger partial charge is 0.372 e. The highest BCUT2D eigenvalue weighted by Crippen LogP contribution is 2.40. The molecular formula is C27H31ClN2. The molecule has 156 valence electrons. The molecule has 3 aromatic rings. The van der Waals surface area contributed by atoms with Crippen LogP contribution in [0.4, 0.5) is 17.1 Å². The van der Waals surface area contributed by atoms with Gasteiger partial charge in [0.25, 0.3) is 0 Å². The molecule has 0 saturated heterocycles. The molecule has 1 aliphatic carbocycles. The lowest BCUT2D eigenvalue weighted by atomic mass is 10.0. The Labute approximate surface area is 185 Å². The number of unbranched alkanes of at least 4 members (excludes halogenated alkanes) is 2. The molecule has 4 rings (SSSR count). The van der Waals surface area contributed by atoms with Gasteiger partial charge < -0.3 is 10.2 Å². The highest BCUT2D eigenvalue weighted by atomic mass is 35.5. The van der Waals surface area contributed by atoms with Crippen molar-refractivity contribution in [2.75, 3.05) is 23.3 Å². The molecule has 3 aromatic carbocycles. The van der Waals surface area contributed by atoms with Crippen LogP contribution < -0.4 is 10.2 Å². The van der Waals surface area contributed by atoms with Gasteiger partial charge >= 0.3 is 0 Å². The second kappa shape index (κ2) is 9.57. The minimum atomic E-state index is 0.741. The summed E-state index contributed by atoms with van der Waals surface area (Å²) in [4.78, 5) is 2.57. The van der Waals surface area contributed by atoms with E-state index in [0.717, 1.165) is 35.9 Å². The van der Waals surface area contributed by atoms with E-state index >= 15 is 0 Å². The van der Waals surface area contributed by atoms with Crippen LogP contribution in [0.15, 0.2) is 60.7 Å². The Hall–Kier alpha value is -2.45. The van der Waals surface area contributed by atoms with E-state index in [2.05, 4.69) is 60.5 Å². The molecule has 0 aromatic heterocycles. The average molecular weight is 419 g/mol. The molecule has 3 heteroatoms. The summed E-state index contributed by atoms with van der Waals surface area (Å²) in [6.45, 7) is 6.82. The fourth-order valence-electron chi connectivity index (χ4n) is 4.24. The summed E-state index contributed by atoms with van der Waals surface area (Å²) in [5.41, 5.74) is 8.96. The van der Waals surface area contributed by atoms with E-state index in [0.29, 0.717) is 0 Å². The average Bonchev–Trinajstić information content (AvgIpc) is 3.12. The number of hydrogen-bond donors (Lipinski definition) is 1. The van der Waals surface area contributed by atoms with E-state index < -0.39 is 0 Å². The molecular weight excluding hydrogens is 388 g/mol. The summed E-state index contributed by atoms with van der Waals surface area (Å²) in [6.07, 6.45) is 5.95. The summed E-state index contributed by atoms with van der Waals surface area (Å²) in [5, 5.41) is 4.21. The molecule has 0 bridgehead atoms. The van der Waals surface area contributed by atoms with Crippen LogP contribution in [0.2, 0.25) is 5.02 Å². The van der Waals surface area contributed by atoms with Crippen LogP contribution in [0, 0.1) is 0 Å². The molecule has 0 amide bonds. The van der Waals surface area contributed by atoms with Crippen molar-refractivity contribution in [2.24, 2.45) is 0 Å². The number of halogens is 1. The highest BCUT2D eigenvalue weighted by molar-refractivity contribution is 6.33. The Morgan fingerprint density at radius 3 is 2.33 bits per heavy atom. The van der Waals surface area contributed by atoms with Gasteiger partial charge in [-0.3, -0.25) is 0 Å². The first kappa shape index (κ1) is 20.8. The zero-order valence-electron chi connectivity index (χ0n) is 18.0. The zero-order chi connectivity index (χ0) is 20.9. The van der Waals surface area contributed by atoms with E-state index in [9.17, 15) is 0 Å². The van der Waals surface area contributed by atoms with Crippen LogP contribution in [0.25, 0.3) is 11.1 Å². The SMILES string of the molecule is CCCCN(CCCC)c1ccc2c(c1)-c1ccc(Nc3ccccc3Cl)cc1C2. The van der Waals surface area contributed by atoms with Crippen molar-refractivity contribution in [1.82, 2.24) is 0 Å². The lowest BCUT2D eigenvalue weighted by molar-refractivity contribution is 0.678. The number of fused-ring (bicyclic) bond motifs is 3. The van der Waals surface area contributed by atoms with Gasteiger partial charge in [-0.1, -0.05) is 62.6 Å². The highest BCUT2D eigenvalue weighted by Gasteiger charge is 2.20. The Kier molecular flexibility index (Phi) is 6.64. The van der Waals surface area contributed by atoms with E-state index in [1.165, 1.54) is 53.6 Å². The molecule has 2 nitrogen and oxygen atoms in total. The Morgan fingerprint density at radius 1 is 0.833 bits per heavy atom. The Balaban J connectivity index is 1.58. The van der Waals surface area contributed by atoms with Crippen LogP contribution >= 0.6 is 11.6 Å². The summed E-state index contributed by atoms with van der Waals surface area (Å²) in [6, 6.07) is 21.6. The number of rotatable bonds is 9. The van der Waals surface area contributed by atoms with E-state index in [1.54, 1.807) is 0 Å². The standard InChI is InChI=1S/C27H31ClN2/c1-3-5-15-30(16-6-4-2)23-13-11-20-17-21-18-22(12-14-24(21)25(20)19-23)29-27-10-8-7-9-26(27)28/h7-14,18-19,29H,3-6,15-17H2,1-2H3. The van der Waals surface area contributed by atoms with Crippen molar-refractivity contribution < 1.29 is 0 Å². The number of benzene rings is 3. The molecule has 0 radical (unpaired) electrons. The van der Waals surface area contributed by atoms with Gasteiger partial charge in [0, 0.05) is 24.5 Å². The minimum absolute atomic E-state index is 0.741. The maximum Gasteiger partial charge on any atom is 0.0640 e. The molecule has 0 fully saturated rings. The summed E-state index contributed by atoms with van der Waals surface area (Å²) in [5.74, 6) is 0. The van der Waals surface area contributed by atoms with Crippen molar-refractivity contribution in [2.45, 2.75) is 46.0 Å². The van der Waals surface area contributed by atoms with Gasteiger partial charge in [0.05, 0.1) is 10.7 Å². The maximum absolute atomic E-state index is 6.32. The van der Waals surface area contributed by atoms with Crippen LogP contribution in [-0.4, -0.2) is 13.1 Å². The molecule has 0 spiro atoms. The van der Waals surface area contributed by atoms with Crippen LogP contribution in [0.3, 0.4) is 0 Å². The summed E-state index contributed by atoms with van der Waals surface area (Å²) in [7, 11) is 0. The number of hydrogen-bond acceptors (Lipinski definition) is 2. The molecule has 0 saturated carbocycles. The fraction of sp³-hybridized carbons (Fsp3) is 0.333. The monoisotopic (exact) mass is 418 g/mol. The smallest absolute Gasteiger partial charge is 0.0640 e. The Bertz CT molecular complexity index is 1000.